The zero-order valence-corrected chi connectivity index (χ0v) is 15.8. The van der Waals surface area contributed by atoms with Crippen LogP contribution in [0.5, 0.6) is 11.5 Å². The van der Waals surface area contributed by atoms with Crippen LogP contribution in [0.2, 0.25) is 0 Å². The van der Waals surface area contributed by atoms with Crippen LogP contribution in [0.15, 0.2) is 42.5 Å². The van der Waals surface area contributed by atoms with Gasteiger partial charge in [0.2, 0.25) is 0 Å². The van der Waals surface area contributed by atoms with Crippen LogP contribution in [0.25, 0.3) is 0 Å². The molecule has 0 saturated carbocycles. The average molecular weight is 364 g/mol. The number of aryl methyl sites for hydroxylation is 1. The zero-order chi connectivity index (χ0) is 17.5. The lowest BCUT2D eigenvalue weighted by molar-refractivity contribution is 0.103. The minimum Gasteiger partial charge on any atom is -0.507 e. The highest BCUT2D eigenvalue weighted by molar-refractivity contribution is 6.10. The highest BCUT2D eigenvalue weighted by Gasteiger charge is 2.14. The van der Waals surface area contributed by atoms with Crippen LogP contribution in [0.1, 0.15) is 35.3 Å². The number of phenolic OH excluding ortho intramolecular Hbond substituents is 1. The van der Waals surface area contributed by atoms with Crippen molar-refractivity contribution in [3.8, 4) is 11.5 Å². The lowest BCUT2D eigenvalue weighted by atomic mass is 10.0. The van der Waals surface area contributed by atoms with Crippen LogP contribution < -0.4 is 4.74 Å². The van der Waals surface area contributed by atoms with Gasteiger partial charge >= 0.3 is 0 Å². The van der Waals surface area contributed by atoms with E-state index < -0.39 is 0 Å². The third-order valence-electron chi connectivity index (χ3n) is 4.10. The van der Waals surface area contributed by atoms with Crippen LogP contribution in [0.4, 0.5) is 0 Å². The largest absolute Gasteiger partial charge is 0.507 e. The van der Waals surface area contributed by atoms with Crippen LogP contribution in [0.3, 0.4) is 0 Å². The first kappa shape index (κ1) is 21.0. The van der Waals surface area contributed by atoms with E-state index in [0.29, 0.717) is 17.9 Å². The average Bonchev–Trinajstić information content (AvgIpc) is 2.59. The molecule has 5 heteroatoms. The molecule has 0 atom stereocenters. The SMILES string of the molecule is CCN(CC)CCOc1ccc(C(=O)c2ccc(C)cc2)c(O)c1.Cl. The number of rotatable bonds is 8. The molecule has 1 N–H and O–H groups in total. The quantitative estimate of drug-likeness (QED) is 0.718. The predicted octanol–water partition coefficient (Wildman–Crippen LogP) is 4.07. The molecule has 0 aromatic heterocycles. The minimum atomic E-state index is -0.192. The van der Waals surface area contributed by atoms with E-state index in [1.54, 1.807) is 24.3 Å². The van der Waals surface area contributed by atoms with Gasteiger partial charge < -0.3 is 14.7 Å². The number of ether oxygens (including phenoxy) is 1. The molecule has 0 unspecified atom stereocenters. The topological polar surface area (TPSA) is 49.8 Å². The van der Waals surface area contributed by atoms with Crippen molar-refractivity contribution in [2.75, 3.05) is 26.2 Å². The molecule has 0 heterocycles. The number of ketones is 1. The summed E-state index contributed by atoms with van der Waals surface area (Å²) < 4.78 is 5.66. The highest BCUT2D eigenvalue weighted by Crippen LogP contribution is 2.26. The molecule has 0 saturated heterocycles. The summed E-state index contributed by atoms with van der Waals surface area (Å²) in [6, 6.07) is 12.2. The Bertz CT molecular complexity index is 682. The Morgan fingerprint density at radius 1 is 1.08 bits per heavy atom. The summed E-state index contributed by atoms with van der Waals surface area (Å²) >= 11 is 0. The van der Waals surface area contributed by atoms with Crippen molar-refractivity contribution in [3.63, 3.8) is 0 Å². The number of hydrogen-bond donors (Lipinski definition) is 1. The van der Waals surface area contributed by atoms with Crippen molar-refractivity contribution in [2.45, 2.75) is 20.8 Å². The molecule has 2 aromatic carbocycles. The van der Waals surface area contributed by atoms with E-state index in [1.807, 2.05) is 19.1 Å². The smallest absolute Gasteiger partial charge is 0.196 e. The summed E-state index contributed by atoms with van der Waals surface area (Å²) in [6.45, 7) is 9.53. The Labute approximate surface area is 155 Å². The lowest BCUT2D eigenvalue weighted by Gasteiger charge is -2.18. The number of phenols is 1. The van der Waals surface area contributed by atoms with Crippen LogP contribution in [-0.2, 0) is 0 Å². The van der Waals surface area contributed by atoms with E-state index in [-0.39, 0.29) is 29.5 Å². The Balaban J connectivity index is 0.00000312. The number of benzene rings is 2. The minimum absolute atomic E-state index is 0. The van der Waals surface area contributed by atoms with Crippen molar-refractivity contribution >= 4 is 18.2 Å². The van der Waals surface area contributed by atoms with E-state index in [0.717, 1.165) is 25.2 Å². The molecule has 0 bridgehead atoms. The van der Waals surface area contributed by atoms with Gasteiger partial charge in [-0.15, -0.1) is 12.4 Å². The van der Waals surface area contributed by atoms with E-state index in [1.165, 1.54) is 6.07 Å². The van der Waals surface area contributed by atoms with Crippen molar-refractivity contribution < 1.29 is 14.6 Å². The summed E-state index contributed by atoms with van der Waals surface area (Å²) in [5.74, 6) is 0.322. The van der Waals surface area contributed by atoms with Gasteiger partial charge in [0.25, 0.3) is 0 Å². The van der Waals surface area contributed by atoms with Gasteiger partial charge in [-0.2, -0.15) is 0 Å². The maximum absolute atomic E-state index is 12.5. The third-order valence-corrected chi connectivity index (χ3v) is 4.10. The number of likely N-dealkylation sites (N-methyl/N-ethyl adjacent to an activating group) is 1. The second-order valence-electron chi connectivity index (χ2n) is 5.75. The molecular formula is C20H26ClNO3. The summed E-state index contributed by atoms with van der Waals surface area (Å²) in [5.41, 5.74) is 1.94. The molecule has 2 aromatic rings. The molecule has 25 heavy (non-hydrogen) atoms. The molecule has 0 fully saturated rings. The highest BCUT2D eigenvalue weighted by atomic mass is 35.5. The lowest BCUT2D eigenvalue weighted by Crippen LogP contribution is -2.27. The third kappa shape index (κ3) is 5.76. The zero-order valence-electron chi connectivity index (χ0n) is 15.0. The summed E-state index contributed by atoms with van der Waals surface area (Å²) in [6.07, 6.45) is 0. The fraction of sp³-hybridized carbons (Fsp3) is 0.350. The number of carbonyl (C=O) groups is 1. The molecular weight excluding hydrogens is 338 g/mol. The molecule has 0 aliphatic carbocycles. The second kappa shape index (κ2) is 10.1. The fourth-order valence-electron chi connectivity index (χ4n) is 2.49. The normalized spacial score (nSPS) is 10.4. The first-order valence-corrected chi connectivity index (χ1v) is 8.34. The van der Waals surface area contributed by atoms with Crippen molar-refractivity contribution in [1.82, 2.24) is 4.90 Å². The van der Waals surface area contributed by atoms with Gasteiger partial charge in [0.15, 0.2) is 5.78 Å². The van der Waals surface area contributed by atoms with Gasteiger partial charge in [-0.05, 0) is 32.1 Å². The molecule has 2 rings (SSSR count). The summed E-state index contributed by atoms with van der Waals surface area (Å²) in [4.78, 5) is 14.7. The number of halogens is 1. The molecule has 4 nitrogen and oxygen atoms in total. The van der Waals surface area contributed by atoms with E-state index in [4.69, 9.17) is 4.74 Å². The molecule has 0 amide bonds. The molecule has 0 aliphatic heterocycles. The maximum atomic E-state index is 12.5. The molecule has 0 spiro atoms. The van der Waals surface area contributed by atoms with Crippen molar-refractivity contribution in [3.05, 3.63) is 59.2 Å². The Hall–Kier alpha value is -2.04. The number of aromatic hydroxyl groups is 1. The standard InChI is InChI=1S/C20H25NO3.ClH/c1-4-21(5-2)12-13-24-17-10-11-18(19(22)14-17)20(23)16-8-6-15(3)7-9-16;/h6-11,14,22H,4-5,12-13H2,1-3H3;1H. The Kier molecular flexibility index (Phi) is 8.46. The van der Waals surface area contributed by atoms with Crippen molar-refractivity contribution in [1.29, 1.82) is 0 Å². The van der Waals surface area contributed by atoms with E-state index >= 15 is 0 Å². The first-order chi connectivity index (χ1) is 11.5. The number of carbonyl (C=O) groups excluding carboxylic acids is 1. The van der Waals surface area contributed by atoms with Crippen LogP contribution in [-0.4, -0.2) is 42.0 Å². The van der Waals surface area contributed by atoms with Crippen LogP contribution >= 0.6 is 12.4 Å². The van der Waals surface area contributed by atoms with Crippen molar-refractivity contribution in [2.24, 2.45) is 0 Å². The van der Waals surface area contributed by atoms with Gasteiger partial charge in [-0.1, -0.05) is 43.7 Å². The molecule has 136 valence electrons. The first-order valence-electron chi connectivity index (χ1n) is 8.34. The number of nitrogens with zero attached hydrogens (tertiary/aromatic N) is 1. The van der Waals surface area contributed by atoms with Gasteiger partial charge in [0.05, 0.1) is 5.56 Å². The van der Waals surface area contributed by atoms with Crippen LogP contribution in [0, 0.1) is 6.92 Å². The van der Waals surface area contributed by atoms with Gasteiger partial charge in [-0.3, -0.25) is 4.79 Å². The maximum Gasteiger partial charge on any atom is 0.196 e. The Morgan fingerprint density at radius 3 is 2.28 bits per heavy atom. The Morgan fingerprint density at radius 2 is 1.72 bits per heavy atom. The van der Waals surface area contributed by atoms with E-state index in [2.05, 4.69) is 18.7 Å². The second-order valence-corrected chi connectivity index (χ2v) is 5.75. The summed E-state index contributed by atoms with van der Waals surface area (Å²) in [7, 11) is 0. The van der Waals surface area contributed by atoms with E-state index in [9.17, 15) is 9.90 Å². The monoisotopic (exact) mass is 363 g/mol. The summed E-state index contributed by atoms with van der Waals surface area (Å²) in [5, 5.41) is 10.2. The molecule has 0 aliphatic rings. The predicted molar refractivity (Wildman–Crippen MR) is 103 cm³/mol. The fourth-order valence-corrected chi connectivity index (χ4v) is 2.49. The number of hydrogen-bond acceptors (Lipinski definition) is 4. The van der Waals surface area contributed by atoms with Gasteiger partial charge in [0, 0.05) is 18.2 Å². The van der Waals surface area contributed by atoms with Gasteiger partial charge in [-0.25, -0.2) is 0 Å². The molecule has 0 radical (unpaired) electrons. The van der Waals surface area contributed by atoms with Gasteiger partial charge in [0.1, 0.15) is 18.1 Å².